The maximum Gasteiger partial charge on any atom is 0.317 e. The molecule has 0 radical (unpaired) electrons. The monoisotopic (exact) mass is 238 g/mol. The SMILES string of the molecule is CC1CCCC(NC(=O)N2CCCCCC2)C1. The van der Waals surface area contributed by atoms with Crippen molar-refractivity contribution in [2.24, 2.45) is 5.92 Å². The predicted octanol–water partition coefficient (Wildman–Crippen LogP) is 3.15. The first-order valence-electron chi connectivity index (χ1n) is 7.31. The van der Waals surface area contributed by atoms with Gasteiger partial charge in [0, 0.05) is 19.1 Å². The minimum atomic E-state index is 0.186. The van der Waals surface area contributed by atoms with Gasteiger partial charge in [-0.2, -0.15) is 0 Å². The molecule has 0 aromatic carbocycles. The van der Waals surface area contributed by atoms with Crippen LogP contribution < -0.4 is 5.32 Å². The summed E-state index contributed by atoms with van der Waals surface area (Å²) in [5, 5.41) is 3.23. The van der Waals surface area contributed by atoms with E-state index in [2.05, 4.69) is 12.2 Å². The molecule has 2 fully saturated rings. The number of carbonyl (C=O) groups is 1. The Kier molecular flexibility index (Phi) is 4.69. The zero-order valence-electron chi connectivity index (χ0n) is 11.1. The third-order valence-corrected chi connectivity index (χ3v) is 4.16. The van der Waals surface area contributed by atoms with Gasteiger partial charge in [-0.3, -0.25) is 0 Å². The van der Waals surface area contributed by atoms with E-state index in [1.54, 1.807) is 0 Å². The van der Waals surface area contributed by atoms with Crippen LogP contribution in [-0.4, -0.2) is 30.1 Å². The average molecular weight is 238 g/mol. The highest BCUT2D eigenvalue weighted by Gasteiger charge is 2.23. The zero-order valence-corrected chi connectivity index (χ0v) is 11.1. The van der Waals surface area contributed by atoms with Crippen LogP contribution in [0.25, 0.3) is 0 Å². The summed E-state index contributed by atoms with van der Waals surface area (Å²) < 4.78 is 0. The summed E-state index contributed by atoms with van der Waals surface area (Å²) in [7, 11) is 0. The van der Waals surface area contributed by atoms with Gasteiger partial charge in [0.25, 0.3) is 0 Å². The standard InChI is InChI=1S/C14H26N2O/c1-12-7-6-8-13(11-12)15-14(17)16-9-4-2-3-5-10-16/h12-13H,2-11H2,1H3,(H,15,17). The fourth-order valence-electron chi connectivity index (χ4n) is 3.10. The van der Waals surface area contributed by atoms with Gasteiger partial charge in [-0.05, 0) is 31.6 Å². The van der Waals surface area contributed by atoms with Gasteiger partial charge in [0.1, 0.15) is 0 Å². The second-order valence-corrected chi connectivity index (χ2v) is 5.82. The molecule has 1 saturated carbocycles. The Morgan fingerprint density at radius 1 is 1.06 bits per heavy atom. The second-order valence-electron chi connectivity index (χ2n) is 5.82. The molecule has 17 heavy (non-hydrogen) atoms. The number of amides is 2. The van der Waals surface area contributed by atoms with Crippen molar-refractivity contribution in [3.8, 4) is 0 Å². The van der Waals surface area contributed by atoms with Gasteiger partial charge in [0.2, 0.25) is 0 Å². The van der Waals surface area contributed by atoms with Crippen LogP contribution in [0.5, 0.6) is 0 Å². The highest BCUT2D eigenvalue weighted by atomic mass is 16.2. The molecule has 1 aliphatic carbocycles. The average Bonchev–Trinajstić information content (AvgIpc) is 2.57. The molecule has 0 bridgehead atoms. The molecular formula is C14H26N2O. The molecule has 3 nitrogen and oxygen atoms in total. The Bertz CT molecular complexity index is 247. The molecule has 2 unspecified atom stereocenters. The number of likely N-dealkylation sites (tertiary alicyclic amines) is 1. The van der Waals surface area contributed by atoms with Gasteiger partial charge in [-0.1, -0.05) is 32.6 Å². The van der Waals surface area contributed by atoms with Crippen molar-refractivity contribution in [3.63, 3.8) is 0 Å². The van der Waals surface area contributed by atoms with Crippen LogP contribution >= 0.6 is 0 Å². The summed E-state index contributed by atoms with van der Waals surface area (Å²) in [4.78, 5) is 14.2. The van der Waals surface area contributed by atoms with Gasteiger partial charge in [-0.25, -0.2) is 4.79 Å². The lowest BCUT2D eigenvalue weighted by atomic mass is 9.87. The van der Waals surface area contributed by atoms with Crippen LogP contribution in [0.3, 0.4) is 0 Å². The highest BCUT2D eigenvalue weighted by Crippen LogP contribution is 2.23. The van der Waals surface area contributed by atoms with Crippen LogP contribution in [0.15, 0.2) is 0 Å². The van der Waals surface area contributed by atoms with Crippen LogP contribution in [0.1, 0.15) is 58.3 Å². The first-order valence-corrected chi connectivity index (χ1v) is 7.31. The molecule has 1 saturated heterocycles. The van der Waals surface area contributed by atoms with Crippen molar-refractivity contribution < 1.29 is 4.79 Å². The molecular weight excluding hydrogens is 212 g/mol. The number of nitrogens with zero attached hydrogens (tertiary/aromatic N) is 1. The molecule has 0 aromatic heterocycles. The van der Waals surface area contributed by atoms with Crippen molar-refractivity contribution >= 4 is 6.03 Å². The van der Waals surface area contributed by atoms with Gasteiger partial charge in [-0.15, -0.1) is 0 Å². The minimum absolute atomic E-state index is 0.186. The Morgan fingerprint density at radius 2 is 1.76 bits per heavy atom. The van der Waals surface area contributed by atoms with Gasteiger partial charge in [0.05, 0.1) is 0 Å². The summed E-state index contributed by atoms with van der Waals surface area (Å²) in [6, 6.07) is 0.612. The molecule has 3 heteroatoms. The quantitative estimate of drug-likeness (QED) is 0.748. The normalized spacial score (nSPS) is 30.8. The number of hydrogen-bond donors (Lipinski definition) is 1. The molecule has 2 aliphatic rings. The van der Waals surface area contributed by atoms with Gasteiger partial charge < -0.3 is 10.2 Å². The third-order valence-electron chi connectivity index (χ3n) is 4.16. The third kappa shape index (κ3) is 3.90. The minimum Gasteiger partial charge on any atom is -0.335 e. The van der Waals surface area contributed by atoms with E-state index >= 15 is 0 Å². The van der Waals surface area contributed by atoms with Crippen LogP contribution in [0.4, 0.5) is 4.79 Å². The van der Waals surface area contributed by atoms with Crippen molar-refractivity contribution in [1.29, 1.82) is 0 Å². The van der Waals surface area contributed by atoms with Gasteiger partial charge >= 0.3 is 6.03 Å². The lowest BCUT2D eigenvalue weighted by molar-refractivity contribution is 0.188. The van der Waals surface area contributed by atoms with Crippen molar-refractivity contribution in [2.75, 3.05) is 13.1 Å². The summed E-state index contributed by atoms with van der Waals surface area (Å²) in [6.07, 6.45) is 9.85. The fourth-order valence-corrected chi connectivity index (χ4v) is 3.10. The van der Waals surface area contributed by atoms with E-state index in [1.807, 2.05) is 4.90 Å². The summed E-state index contributed by atoms with van der Waals surface area (Å²) in [6.45, 7) is 4.20. The molecule has 0 aromatic rings. The lowest BCUT2D eigenvalue weighted by Gasteiger charge is -2.30. The molecule has 2 atom stereocenters. The molecule has 2 rings (SSSR count). The topological polar surface area (TPSA) is 32.3 Å². The Morgan fingerprint density at radius 3 is 2.41 bits per heavy atom. The molecule has 98 valence electrons. The van der Waals surface area contributed by atoms with Crippen molar-refractivity contribution in [1.82, 2.24) is 10.2 Å². The Labute approximate surface area is 105 Å². The molecule has 1 N–H and O–H groups in total. The maximum absolute atomic E-state index is 12.1. The summed E-state index contributed by atoms with van der Waals surface area (Å²) in [5.74, 6) is 0.776. The predicted molar refractivity (Wildman–Crippen MR) is 70.0 cm³/mol. The molecule has 1 aliphatic heterocycles. The first kappa shape index (κ1) is 12.7. The van der Waals surface area contributed by atoms with Crippen molar-refractivity contribution in [2.45, 2.75) is 64.3 Å². The second kappa shape index (κ2) is 6.27. The van der Waals surface area contributed by atoms with E-state index in [4.69, 9.17) is 0 Å². The highest BCUT2D eigenvalue weighted by molar-refractivity contribution is 5.74. The van der Waals surface area contributed by atoms with E-state index in [9.17, 15) is 4.79 Å². The molecule has 1 heterocycles. The number of hydrogen-bond acceptors (Lipinski definition) is 1. The van der Waals surface area contributed by atoms with E-state index < -0.39 is 0 Å². The summed E-state index contributed by atoms with van der Waals surface area (Å²) in [5.41, 5.74) is 0. The largest absolute Gasteiger partial charge is 0.335 e. The van der Waals surface area contributed by atoms with Crippen LogP contribution in [0, 0.1) is 5.92 Å². The molecule has 2 amide bonds. The lowest BCUT2D eigenvalue weighted by Crippen LogP contribution is -2.46. The fraction of sp³-hybridized carbons (Fsp3) is 0.929. The van der Waals surface area contributed by atoms with Crippen LogP contribution in [-0.2, 0) is 0 Å². The first-order chi connectivity index (χ1) is 8.25. The van der Waals surface area contributed by atoms with Crippen LogP contribution in [0.2, 0.25) is 0 Å². The van der Waals surface area contributed by atoms with E-state index in [1.165, 1.54) is 51.4 Å². The Hall–Kier alpha value is -0.730. The van der Waals surface area contributed by atoms with E-state index in [-0.39, 0.29) is 6.03 Å². The maximum atomic E-state index is 12.1. The smallest absolute Gasteiger partial charge is 0.317 e. The van der Waals surface area contributed by atoms with E-state index in [0.717, 1.165) is 19.0 Å². The number of rotatable bonds is 1. The van der Waals surface area contributed by atoms with Crippen molar-refractivity contribution in [3.05, 3.63) is 0 Å². The zero-order chi connectivity index (χ0) is 12.1. The summed E-state index contributed by atoms with van der Waals surface area (Å²) >= 11 is 0. The molecule has 0 spiro atoms. The number of nitrogens with one attached hydrogen (secondary N) is 1. The number of urea groups is 1. The Balaban J connectivity index is 1.78. The number of carbonyl (C=O) groups excluding carboxylic acids is 1. The van der Waals surface area contributed by atoms with Gasteiger partial charge in [0.15, 0.2) is 0 Å². The van der Waals surface area contributed by atoms with E-state index in [0.29, 0.717) is 6.04 Å².